The van der Waals surface area contributed by atoms with Gasteiger partial charge in [-0.1, -0.05) is 37.3 Å². The Hall–Kier alpha value is -2.41. The predicted octanol–water partition coefficient (Wildman–Crippen LogP) is 1.03. The molecule has 0 aliphatic rings. The SMILES string of the molecule is CCC(=O)N(C)[C@H](COCc1ccccc1)C(=O)N[C@H](C)C(=O)O. The van der Waals surface area contributed by atoms with Crippen LogP contribution in [0.2, 0.25) is 0 Å². The Balaban J connectivity index is 2.71. The number of hydrogen-bond donors (Lipinski definition) is 2. The van der Waals surface area contributed by atoms with E-state index in [2.05, 4.69) is 5.32 Å². The lowest BCUT2D eigenvalue weighted by Crippen LogP contribution is -2.53. The summed E-state index contributed by atoms with van der Waals surface area (Å²) in [6.07, 6.45) is 0.244. The molecule has 0 fully saturated rings. The number of nitrogens with one attached hydrogen (secondary N) is 1. The molecule has 2 atom stereocenters. The van der Waals surface area contributed by atoms with Crippen molar-refractivity contribution < 1.29 is 24.2 Å². The van der Waals surface area contributed by atoms with Crippen molar-refractivity contribution in [3.63, 3.8) is 0 Å². The Bertz CT molecular complexity index is 561. The second-order valence-electron chi connectivity index (χ2n) is 5.44. The first-order valence-electron chi connectivity index (χ1n) is 7.77. The maximum Gasteiger partial charge on any atom is 0.325 e. The number of carboxylic acid groups (broad SMARTS) is 1. The van der Waals surface area contributed by atoms with Crippen LogP contribution in [0.5, 0.6) is 0 Å². The highest BCUT2D eigenvalue weighted by Crippen LogP contribution is 2.06. The molecular weight excluding hydrogens is 312 g/mol. The van der Waals surface area contributed by atoms with Gasteiger partial charge in [-0.3, -0.25) is 14.4 Å². The standard InChI is InChI=1S/C17H24N2O5/c1-4-15(20)19(3)14(16(21)18-12(2)17(22)23)11-24-10-13-8-6-5-7-9-13/h5-9,12,14H,4,10-11H2,1-3H3,(H,18,21)(H,22,23)/t12-,14-/m1/s1. The van der Waals surface area contributed by atoms with Gasteiger partial charge in [-0.15, -0.1) is 0 Å². The van der Waals surface area contributed by atoms with E-state index in [1.165, 1.54) is 18.9 Å². The summed E-state index contributed by atoms with van der Waals surface area (Å²) in [5, 5.41) is 11.3. The highest BCUT2D eigenvalue weighted by molar-refractivity contribution is 5.90. The van der Waals surface area contributed by atoms with Crippen molar-refractivity contribution in [3.05, 3.63) is 35.9 Å². The van der Waals surface area contributed by atoms with Gasteiger partial charge in [-0.25, -0.2) is 0 Å². The maximum absolute atomic E-state index is 12.3. The second kappa shape index (κ2) is 9.67. The lowest BCUT2D eigenvalue weighted by molar-refractivity contribution is -0.145. The minimum atomic E-state index is -1.14. The molecule has 0 spiro atoms. The zero-order valence-electron chi connectivity index (χ0n) is 14.2. The summed E-state index contributed by atoms with van der Waals surface area (Å²) in [5.41, 5.74) is 0.944. The summed E-state index contributed by atoms with van der Waals surface area (Å²) in [5.74, 6) is -1.92. The molecule has 0 aliphatic heterocycles. The third-order valence-electron chi connectivity index (χ3n) is 3.58. The molecule has 0 heterocycles. The van der Waals surface area contributed by atoms with Crippen LogP contribution < -0.4 is 5.32 Å². The fourth-order valence-corrected chi connectivity index (χ4v) is 2.02. The molecule has 0 bridgehead atoms. The number of aliphatic carboxylic acids is 1. The highest BCUT2D eigenvalue weighted by atomic mass is 16.5. The Kier molecular flexibility index (Phi) is 7.91. The van der Waals surface area contributed by atoms with Crippen molar-refractivity contribution in [2.24, 2.45) is 0 Å². The molecule has 24 heavy (non-hydrogen) atoms. The van der Waals surface area contributed by atoms with Crippen LogP contribution >= 0.6 is 0 Å². The average molecular weight is 336 g/mol. The number of carboxylic acids is 1. The van der Waals surface area contributed by atoms with E-state index in [0.717, 1.165) is 5.56 Å². The van der Waals surface area contributed by atoms with Crippen LogP contribution in [0, 0.1) is 0 Å². The maximum atomic E-state index is 12.3. The fourth-order valence-electron chi connectivity index (χ4n) is 2.02. The van der Waals surface area contributed by atoms with Gasteiger partial charge in [0, 0.05) is 13.5 Å². The molecule has 2 amide bonds. The molecule has 1 rings (SSSR count). The third kappa shape index (κ3) is 6.00. The predicted molar refractivity (Wildman–Crippen MR) is 88.2 cm³/mol. The van der Waals surface area contributed by atoms with Gasteiger partial charge in [0.25, 0.3) is 0 Å². The Morgan fingerprint density at radius 2 is 1.88 bits per heavy atom. The smallest absolute Gasteiger partial charge is 0.325 e. The van der Waals surface area contributed by atoms with Crippen LogP contribution in [0.15, 0.2) is 30.3 Å². The first kappa shape index (κ1) is 19.6. The van der Waals surface area contributed by atoms with E-state index in [1.54, 1.807) is 6.92 Å². The van der Waals surface area contributed by atoms with Crippen molar-refractivity contribution in [3.8, 4) is 0 Å². The number of likely N-dealkylation sites (N-methyl/N-ethyl adjacent to an activating group) is 1. The molecule has 0 aliphatic carbocycles. The van der Waals surface area contributed by atoms with Crippen LogP contribution in [0.25, 0.3) is 0 Å². The molecule has 0 saturated heterocycles. The number of ether oxygens (including phenoxy) is 1. The quantitative estimate of drug-likeness (QED) is 0.702. The van der Waals surface area contributed by atoms with E-state index in [0.29, 0.717) is 6.61 Å². The van der Waals surface area contributed by atoms with E-state index in [-0.39, 0.29) is 18.9 Å². The van der Waals surface area contributed by atoms with Crippen LogP contribution in [-0.2, 0) is 25.7 Å². The first-order chi connectivity index (χ1) is 11.4. The summed E-state index contributed by atoms with van der Waals surface area (Å²) < 4.78 is 5.56. The van der Waals surface area contributed by atoms with Gasteiger partial charge in [0.2, 0.25) is 11.8 Å². The number of amides is 2. The van der Waals surface area contributed by atoms with E-state index in [4.69, 9.17) is 9.84 Å². The van der Waals surface area contributed by atoms with Crippen LogP contribution in [-0.4, -0.2) is 53.5 Å². The summed E-state index contributed by atoms with van der Waals surface area (Å²) in [4.78, 5) is 36.4. The summed E-state index contributed by atoms with van der Waals surface area (Å²) >= 11 is 0. The number of carbonyl (C=O) groups excluding carboxylic acids is 2. The van der Waals surface area contributed by atoms with Crippen molar-refractivity contribution >= 4 is 17.8 Å². The molecule has 0 unspecified atom stereocenters. The Labute approximate surface area is 141 Å². The molecule has 2 N–H and O–H groups in total. The number of rotatable bonds is 9. The van der Waals surface area contributed by atoms with Crippen molar-refractivity contribution in [1.82, 2.24) is 10.2 Å². The van der Waals surface area contributed by atoms with Crippen LogP contribution in [0.3, 0.4) is 0 Å². The summed E-state index contributed by atoms with van der Waals surface area (Å²) in [6, 6.07) is 7.50. The fraction of sp³-hybridized carbons (Fsp3) is 0.471. The topological polar surface area (TPSA) is 95.9 Å². The van der Waals surface area contributed by atoms with E-state index < -0.39 is 24.0 Å². The monoisotopic (exact) mass is 336 g/mol. The largest absolute Gasteiger partial charge is 0.480 e. The summed E-state index contributed by atoms with van der Waals surface area (Å²) in [6.45, 7) is 3.34. The van der Waals surface area contributed by atoms with Gasteiger partial charge in [-0.2, -0.15) is 0 Å². The van der Waals surface area contributed by atoms with Crippen molar-refractivity contribution in [1.29, 1.82) is 0 Å². The molecule has 1 aromatic carbocycles. The lowest BCUT2D eigenvalue weighted by atomic mass is 10.2. The second-order valence-corrected chi connectivity index (χ2v) is 5.44. The van der Waals surface area contributed by atoms with Gasteiger partial charge < -0.3 is 20.1 Å². The van der Waals surface area contributed by atoms with Crippen LogP contribution in [0.4, 0.5) is 0 Å². The van der Waals surface area contributed by atoms with E-state index >= 15 is 0 Å². The van der Waals surface area contributed by atoms with Gasteiger partial charge in [0.15, 0.2) is 0 Å². The zero-order valence-corrected chi connectivity index (χ0v) is 14.2. The van der Waals surface area contributed by atoms with Gasteiger partial charge in [0.05, 0.1) is 13.2 Å². The average Bonchev–Trinajstić information content (AvgIpc) is 2.58. The molecule has 1 aromatic rings. The molecule has 0 radical (unpaired) electrons. The third-order valence-corrected chi connectivity index (χ3v) is 3.58. The van der Waals surface area contributed by atoms with E-state index in [1.807, 2.05) is 30.3 Å². The summed E-state index contributed by atoms with van der Waals surface area (Å²) in [7, 11) is 1.51. The molecule has 0 aromatic heterocycles. The molecule has 7 nitrogen and oxygen atoms in total. The van der Waals surface area contributed by atoms with Gasteiger partial charge in [0.1, 0.15) is 12.1 Å². The number of hydrogen-bond acceptors (Lipinski definition) is 4. The number of carbonyl (C=O) groups is 3. The molecule has 0 saturated carbocycles. The lowest BCUT2D eigenvalue weighted by Gasteiger charge is -2.27. The van der Waals surface area contributed by atoms with Crippen molar-refractivity contribution in [2.45, 2.75) is 39.0 Å². The minimum Gasteiger partial charge on any atom is -0.480 e. The van der Waals surface area contributed by atoms with Gasteiger partial charge in [-0.05, 0) is 12.5 Å². The van der Waals surface area contributed by atoms with Crippen LogP contribution in [0.1, 0.15) is 25.8 Å². The number of benzene rings is 1. The van der Waals surface area contributed by atoms with E-state index in [9.17, 15) is 14.4 Å². The van der Waals surface area contributed by atoms with Crippen molar-refractivity contribution in [2.75, 3.05) is 13.7 Å². The first-order valence-corrected chi connectivity index (χ1v) is 7.77. The number of nitrogens with zero attached hydrogens (tertiary/aromatic N) is 1. The highest BCUT2D eigenvalue weighted by Gasteiger charge is 2.28. The zero-order chi connectivity index (χ0) is 18.1. The van der Waals surface area contributed by atoms with Gasteiger partial charge >= 0.3 is 5.97 Å². The Morgan fingerprint density at radius 3 is 2.42 bits per heavy atom. The normalized spacial score (nSPS) is 13.0. The minimum absolute atomic E-state index is 0.0185. The molecular formula is C17H24N2O5. The Morgan fingerprint density at radius 1 is 1.25 bits per heavy atom. The molecule has 7 heteroatoms. The molecule has 132 valence electrons.